The molecule has 2 aliphatic carbocycles. The topological polar surface area (TPSA) is 34.1 Å². The molecule has 0 spiro atoms. The molecular formula is C22H18O2. The third kappa shape index (κ3) is 2.03. The number of benzene rings is 2. The molecule has 0 N–H and O–H groups in total. The predicted molar refractivity (Wildman–Crippen MR) is 96.9 cm³/mol. The summed E-state index contributed by atoms with van der Waals surface area (Å²) in [6.45, 7) is 3.83. The second-order valence-electron chi connectivity index (χ2n) is 6.56. The Morgan fingerprint density at radius 1 is 1.08 bits per heavy atom. The van der Waals surface area contributed by atoms with Gasteiger partial charge in [-0.3, -0.25) is 9.59 Å². The van der Waals surface area contributed by atoms with Crippen LogP contribution in [-0.2, 0) is 21.4 Å². The zero-order valence-electron chi connectivity index (χ0n) is 13.4. The zero-order chi connectivity index (χ0) is 16.7. The molecule has 0 fully saturated rings. The minimum atomic E-state index is -0.827. The van der Waals surface area contributed by atoms with Gasteiger partial charge in [0.25, 0.3) is 0 Å². The van der Waals surface area contributed by atoms with Gasteiger partial charge in [0.05, 0.1) is 5.41 Å². The smallest absolute Gasteiger partial charge is 0.167 e. The van der Waals surface area contributed by atoms with Gasteiger partial charge in [0, 0.05) is 6.42 Å². The Labute approximate surface area is 141 Å². The number of rotatable bonds is 3. The minimum Gasteiger partial charge on any atom is -0.295 e. The van der Waals surface area contributed by atoms with E-state index in [0.717, 1.165) is 17.5 Å². The van der Waals surface area contributed by atoms with Crippen LogP contribution in [0.4, 0.5) is 0 Å². The SMILES string of the molecule is C=CCC1(c2ccc3cccc4c3c2C=CC4)CC(=O)C=CC1=O. The van der Waals surface area contributed by atoms with Crippen LogP contribution in [0.15, 0.2) is 61.2 Å². The molecule has 0 heterocycles. The second kappa shape index (κ2) is 5.41. The van der Waals surface area contributed by atoms with Gasteiger partial charge in [0.1, 0.15) is 0 Å². The maximum absolute atomic E-state index is 12.8. The van der Waals surface area contributed by atoms with Gasteiger partial charge in [-0.1, -0.05) is 48.6 Å². The highest BCUT2D eigenvalue weighted by Crippen LogP contribution is 2.42. The molecule has 118 valence electrons. The van der Waals surface area contributed by atoms with Gasteiger partial charge in [-0.25, -0.2) is 0 Å². The lowest BCUT2D eigenvalue weighted by Crippen LogP contribution is -2.39. The highest BCUT2D eigenvalue weighted by molar-refractivity contribution is 6.12. The van der Waals surface area contributed by atoms with Crippen LogP contribution in [0.2, 0.25) is 0 Å². The summed E-state index contributed by atoms with van der Waals surface area (Å²) in [6, 6.07) is 10.4. The van der Waals surface area contributed by atoms with Gasteiger partial charge < -0.3 is 0 Å². The number of carbonyl (C=O) groups is 2. The van der Waals surface area contributed by atoms with Crippen LogP contribution in [-0.4, -0.2) is 11.6 Å². The zero-order valence-corrected chi connectivity index (χ0v) is 13.4. The molecule has 1 unspecified atom stereocenters. The maximum atomic E-state index is 12.8. The molecule has 0 aromatic heterocycles. The van der Waals surface area contributed by atoms with Gasteiger partial charge >= 0.3 is 0 Å². The molecule has 24 heavy (non-hydrogen) atoms. The van der Waals surface area contributed by atoms with Crippen LogP contribution in [0.1, 0.15) is 29.5 Å². The summed E-state index contributed by atoms with van der Waals surface area (Å²) in [5.41, 5.74) is 2.46. The molecule has 2 heteroatoms. The van der Waals surface area contributed by atoms with E-state index >= 15 is 0 Å². The average Bonchev–Trinajstić information content (AvgIpc) is 2.59. The van der Waals surface area contributed by atoms with Gasteiger partial charge in [0.15, 0.2) is 11.6 Å². The monoisotopic (exact) mass is 314 g/mol. The quantitative estimate of drug-likeness (QED) is 0.791. The number of hydrogen-bond donors (Lipinski definition) is 0. The lowest BCUT2D eigenvalue weighted by Gasteiger charge is -2.34. The summed E-state index contributed by atoms with van der Waals surface area (Å²) in [7, 11) is 0. The van der Waals surface area contributed by atoms with Crippen molar-refractivity contribution in [1.82, 2.24) is 0 Å². The number of ketones is 2. The van der Waals surface area contributed by atoms with E-state index in [4.69, 9.17) is 0 Å². The van der Waals surface area contributed by atoms with Gasteiger partial charge in [-0.05, 0) is 52.5 Å². The molecule has 0 bridgehead atoms. The van der Waals surface area contributed by atoms with Crippen molar-refractivity contribution in [2.75, 3.05) is 0 Å². The lowest BCUT2D eigenvalue weighted by atomic mass is 9.66. The van der Waals surface area contributed by atoms with Crippen molar-refractivity contribution >= 4 is 28.4 Å². The Morgan fingerprint density at radius 3 is 2.79 bits per heavy atom. The highest BCUT2D eigenvalue weighted by Gasteiger charge is 2.43. The van der Waals surface area contributed by atoms with Crippen LogP contribution in [0.5, 0.6) is 0 Å². The van der Waals surface area contributed by atoms with Gasteiger partial charge in [0.2, 0.25) is 0 Å². The van der Waals surface area contributed by atoms with E-state index in [2.05, 4.69) is 43.0 Å². The molecule has 4 rings (SSSR count). The van der Waals surface area contributed by atoms with E-state index in [0.29, 0.717) is 6.42 Å². The van der Waals surface area contributed by atoms with Crippen LogP contribution >= 0.6 is 0 Å². The Bertz CT molecular complexity index is 946. The molecule has 1 atom stereocenters. The Morgan fingerprint density at radius 2 is 1.96 bits per heavy atom. The summed E-state index contributed by atoms with van der Waals surface area (Å²) in [5, 5.41) is 2.38. The normalized spacial score (nSPS) is 22.2. The maximum Gasteiger partial charge on any atom is 0.167 e. The molecular weight excluding hydrogens is 296 g/mol. The van der Waals surface area contributed by atoms with E-state index in [1.165, 1.54) is 28.5 Å². The van der Waals surface area contributed by atoms with Crippen LogP contribution < -0.4 is 0 Å². The third-order valence-corrected chi connectivity index (χ3v) is 5.17. The molecule has 0 saturated carbocycles. The third-order valence-electron chi connectivity index (χ3n) is 5.17. The number of allylic oxidation sites excluding steroid dienone is 4. The van der Waals surface area contributed by atoms with E-state index in [9.17, 15) is 9.59 Å². The first kappa shape index (κ1) is 14.8. The first-order chi connectivity index (χ1) is 11.7. The summed E-state index contributed by atoms with van der Waals surface area (Å²) in [5.74, 6) is -0.00845. The molecule has 0 aliphatic heterocycles. The largest absolute Gasteiger partial charge is 0.295 e. The van der Waals surface area contributed by atoms with Crippen LogP contribution in [0.25, 0.3) is 16.8 Å². The molecule has 0 radical (unpaired) electrons. The van der Waals surface area contributed by atoms with Gasteiger partial charge in [-0.2, -0.15) is 0 Å². The fourth-order valence-electron chi connectivity index (χ4n) is 4.08. The van der Waals surface area contributed by atoms with Crippen LogP contribution in [0.3, 0.4) is 0 Å². The first-order valence-electron chi connectivity index (χ1n) is 8.23. The number of carbonyl (C=O) groups excluding carboxylic acids is 2. The fraction of sp³-hybridized carbons (Fsp3) is 0.182. The van der Waals surface area contributed by atoms with Crippen LogP contribution in [0, 0.1) is 0 Å². The van der Waals surface area contributed by atoms with Crippen molar-refractivity contribution < 1.29 is 9.59 Å². The van der Waals surface area contributed by atoms with E-state index in [-0.39, 0.29) is 18.0 Å². The van der Waals surface area contributed by atoms with E-state index in [1.54, 1.807) is 6.08 Å². The number of hydrogen-bond acceptors (Lipinski definition) is 2. The molecule has 2 aromatic carbocycles. The van der Waals surface area contributed by atoms with Crippen molar-refractivity contribution in [3.05, 3.63) is 77.9 Å². The summed E-state index contributed by atoms with van der Waals surface area (Å²) >= 11 is 0. The summed E-state index contributed by atoms with van der Waals surface area (Å²) in [4.78, 5) is 25.0. The molecule has 2 aliphatic rings. The van der Waals surface area contributed by atoms with E-state index in [1.807, 2.05) is 6.07 Å². The first-order valence-corrected chi connectivity index (χ1v) is 8.23. The van der Waals surface area contributed by atoms with Crippen molar-refractivity contribution in [3.8, 4) is 0 Å². The fourth-order valence-corrected chi connectivity index (χ4v) is 4.08. The molecule has 0 saturated heterocycles. The Kier molecular flexibility index (Phi) is 3.34. The highest BCUT2D eigenvalue weighted by atomic mass is 16.1. The Balaban J connectivity index is 2.05. The standard InChI is InChI=1S/C22H18O2/c1-2-13-22(14-17(23)10-12-20(22)24)19-11-9-16-6-3-5-15-7-4-8-18(19)21(15)16/h2-6,8-12H,1,7,13-14H2. The molecule has 2 nitrogen and oxygen atoms in total. The molecule has 2 aromatic rings. The van der Waals surface area contributed by atoms with Gasteiger partial charge in [-0.15, -0.1) is 6.58 Å². The second-order valence-corrected chi connectivity index (χ2v) is 6.56. The van der Waals surface area contributed by atoms with Crippen molar-refractivity contribution in [1.29, 1.82) is 0 Å². The predicted octanol–water partition coefficient (Wildman–Crippen LogP) is 4.32. The van der Waals surface area contributed by atoms with E-state index < -0.39 is 5.41 Å². The average molecular weight is 314 g/mol. The summed E-state index contributed by atoms with van der Waals surface area (Å²) < 4.78 is 0. The Hall–Kier alpha value is -2.74. The lowest BCUT2D eigenvalue weighted by molar-refractivity contribution is -0.126. The summed E-state index contributed by atoms with van der Waals surface area (Å²) in [6.07, 6.45) is 10.4. The van der Waals surface area contributed by atoms with Crippen molar-refractivity contribution in [2.45, 2.75) is 24.7 Å². The van der Waals surface area contributed by atoms with Crippen molar-refractivity contribution in [3.63, 3.8) is 0 Å². The minimum absolute atomic E-state index is 0.00294. The molecule has 0 amide bonds. The van der Waals surface area contributed by atoms with Crippen molar-refractivity contribution in [2.24, 2.45) is 0 Å².